The molecule has 26 heavy (non-hydrogen) atoms. The van der Waals surface area contributed by atoms with Crippen LogP contribution in [0.2, 0.25) is 0 Å². The minimum Gasteiger partial charge on any atom is -0.496 e. The van der Waals surface area contributed by atoms with E-state index in [0.717, 1.165) is 41.8 Å². The molecule has 5 heteroatoms. The van der Waals surface area contributed by atoms with Crippen molar-refractivity contribution in [2.45, 2.75) is 44.8 Å². The number of piperidine rings is 1. The lowest BCUT2D eigenvalue weighted by Gasteiger charge is -2.32. The highest BCUT2D eigenvalue weighted by Gasteiger charge is 2.40. The fraction of sp³-hybridized carbons (Fsp3) is 0.571. The van der Waals surface area contributed by atoms with Gasteiger partial charge in [-0.1, -0.05) is 11.2 Å². The number of hydrogen-bond donors (Lipinski definition) is 1. The van der Waals surface area contributed by atoms with Crippen LogP contribution in [0.15, 0.2) is 29.3 Å². The van der Waals surface area contributed by atoms with Crippen LogP contribution in [0.4, 0.5) is 0 Å². The molecule has 5 nitrogen and oxygen atoms in total. The van der Waals surface area contributed by atoms with Crippen LogP contribution in [0.1, 0.15) is 36.9 Å². The molecule has 2 aromatic rings. The molecule has 2 fully saturated rings. The molecule has 1 N–H and O–H groups in total. The zero-order chi connectivity index (χ0) is 18.1. The summed E-state index contributed by atoms with van der Waals surface area (Å²) >= 11 is 0. The molecule has 4 rings (SSSR count). The van der Waals surface area contributed by atoms with E-state index in [1.54, 1.807) is 7.11 Å². The highest BCUT2D eigenvalue weighted by Crippen LogP contribution is 2.39. The van der Waals surface area contributed by atoms with E-state index in [2.05, 4.69) is 22.7 Å². The van der Waals surface area contributed by atoms with Gasteiger partial charge >= 0.3 is 0 Å². The summed E-state index contributed by atoms with van der Waals surface area (Å²) in [5, 5.41) is 14.9. The first-order chi connectivity index (χ1) is 12.7. The third-order valence-electron chi connectivity index (χ3n) is 6.17. The number of nitrogens with zero attached hydrogens (tertiary/aromatic N) is 2. The molecular weight excluding hydrogens is 328 g/mol. The Hall–Kier alpha value is -1.85. The summed E-state index contributed by atoms with van der Waals surface area (Å²) in [6, 6.07) is 4.64. The van der Waals surface area contributed by atoms with Crippen molar-refractivity contribution in [3.63, 3.8) is 0 Å². The molecule has 1 aliphatic carbocycles. The second kappa shape index (κ2) is 7.41. The van der Waals surface area contributed by atoms with E-state index in [1.165, 1.54) is 32.4 Å². The van der Waals surface area contributed by atoms with Crippen molar-refractivity contribution in [3.05, 3.63) is 36.0 Å². The number of ether oxygens (including phenoxy) is 1. The minimum atomic E-state index is -0.111. The summed E-state index contributed by atoms with van der Waals surface area (Å²) in [5.74, 6) is 2.13. The van der Waals surface area contributed by atoms with Gasteiger partial charge in [-0.3, -0.25) is 4.90 Å². The number of aliphatic hydroxyl groups is 1. The Morgan fingerprint density at radius 1 is 1.38 bits per heavy atom. The van der Waals surface area contributed by atoms with Crippen molar-refractivity contribution in [1.29, 1.82) is 0 Å². The van der Waals surface area contributed by atoms with Crippen molar-refractivity contribution in [3.8, 4) is 5.75 Å². The van der Waals surface area contributed by atoms with Crippen LogP contribution < -0.4 is 4.74 Å². The Balaban J connectivity index is 1.36. The van der Waals surface area contributed by atoms with Gasteiger partial charge in [0.1, 0.15) is 5.75 Å². The molecule has 140 valence electrons. The number of rotatable bonds is 7. The smallest absolute Gasteiger partial charge is 0.176 e. The van der Waals surface area contributed by atoms with E-state index >= 15 is 0 Å². The molecule has 1 aromatic heterocycles. The van der Waals surface area contributed by atoms with Crippen molar-refractivity contribution in [2.75, 3.05) is 20.2 Å². The normalized spacial score (nSPS) is 24.1. The highest BCUT2D eigenvalue weighted by atomic mass is 16.5. The van der Waals surface area contributed by atoms with Crippen molar-refractivity contribution in [2.24, 2.45) is 11.8 Å². The van der Waals surface area contributed by atoms with Crippen LogP contribution in [0.3, 0.4) is 0 Å². The largest absolute Gasteiger partial charge is 0.496 e. The molecule has 1 aliphatic heterocycles. The van der Waals surface area contributed by atoms with Gasteiger partial charge in [0.05, 0.1) is 25.0 Å². The van der Waals surface area contributed by atoms with Gasteiger partial charge in [-0.05, 0) is 69.2 Å². The van der Waals surface area contributed by atoms with Crippen molar-refractivity contribution < 1.29 is 14.4 Å². The van der Waals surface area contributed by atoms with Crippen LogP contribution in [0.5, 0.6) is 5.75 Å². The summed E-state index contributed by atoms with van der Waals surface area (Å²) in [6.45, 7) is 6.24. The van der Waals surface area contributed by atoms with E-state index in [-0.39, 0.29) is 6.61 Å². The topological polar surface area (TPSA) is 58.7 Å². The van der Waals surface area contributed by atoms with Crippen LogP contribution in [0, 0.1) is 11.8 Å². The molecule has 0 bridgehead atoms. The molecule has 0 spiro atoms. The zero-order valence-electron chi connectivity index (χ0n) is 15.5. The van der Waals surface area contributed by atoms with Gasteiger partial charge in [0, 0.05) is 11.4 Å². The summed E-state index contributed by atoms with van der Waals surface area (Å²) in [6.07, 6.45) is 8.02. The molecule has 2 aliphatic rings. The third-order valence-corrected chi connectivity index (χ3v) is 6.17. The predicted molar refractivity (Wildman–Crippen MR) is 101 cm³/mol. The Bertz CT molecular complexity index is 777. The lowest BCUT2D eigenvalue weighted by atomic mass is 9.91. The number of likely N-dealkylation sites (tertiary alicyclic amines) is 1. The third kappa shape index (κ3) is 3.26. The first-order valence-electron chi connectivity index (χ1n) is 9.66. The molecule has 1 saturated carbocycles. The van der Waals surface area contributed by atoms with Crippen molar-refractivity contribution >= 4 is 11.0 Å². The van der Waals surface area contributed by atoms with Crippen LogP contribution in [0.25, 0.3) is 11.0 Å². The molecule has 2 heterocycles. The van der Waals surface area contributed by atoms with E-state index in [4.69, 9.17) is 9.26 Å². The number of benzene rings is 1. The van der Waals surface area contributed by atoms with E-state index < -0.39 is 0 Å². The highest BCUT2D eigenvalue weighted by molar-refractivity contribution is 5.84. The van der Waals surface area contributed by atoms with Gasteiger partial charge in [-0.15, -0.1) is 6.58 Å². The van der Waals surface area contributed by atoms with Crippen LogP contribution >= 0.6 is 0 Å². The van der Waals surface area contributed by atoms with Gasteiger partial charge in [0.25, 0.3) is 0 Å². The van der Waals surface area contributed by atoms with Crippen LogP contribution in [-0.2, 0) is 13.0 Å². The molecule has 1 saturated heterocycles. The number of aryl methyl sites for hydroxylation is 1. The Kier molecular flexibility index (Phi) is 5.00. The molecule has 2 atom stereocenters. The quantitative estimate of drug-likeness (QED) is 0.769. The Morgan fingerprint density at radius 3 is 2.85 bits per heavy atom. The van der Waals surface area contributed by atoms with E-state index in [1.807, 2.05) is 12.1 Å². The summed E-state index contributed by atoms with van der Waals surface area (Å²) in [4.78, 5) is 2.65. The maximum absolute atomic E-state index is 9.62. The average molecular weight is 356 g/mol. The summed E-state index contributed by atoms with van der Waals surface area (Å²) in [5.41, 5.74) is 2.33. The van der Waals surface area contributed by atoms with Gasteiger partial charge in [-0.25, -0.2) is 0 Å². The molecule has 2 unspecified atom stereocenters. The molecule has 0 amide bonds. The number of aromatic nitrogens is 1. The monoisotopic (exact) mass is 356 g/mol. The van der Waals surface area contributed by atoms with Gasteiger partial charge < -0.3 is 14.4 Å². The SMILES string of the molecule is C=CC1CC1N1CCC(CCc2noc3c(CO)c(OC)ccc23)CC1. The van der Waals surface area contributed by atoms with Gasteiger partial charge in [0.15, 0.2) is 5.58 Å². The second-order valence-electron chi connectivity index (χ2n) is 7.63. The average Bonchev–Trinajstić information content (AvgIpc) is 3.37. The van der Waals surface area contributed by atoms with E-state index in [9.17, 15) is 5.11 Å². The van der Waals surface area contributed by atoms with Gasteiger partial charge in [-0.2, -0.15) is 0 Å². The van der Waals surface area contributed by atoms with Crippen LogP contribution in [-0.4, -0.2) is 41.4 Å². The summed E-state index contributed by atoms with van der Waals surface area (Å²) in [7, 11) is 1.60. The maximum Gasteiger partial charge on any atom is 0.176 e. The number of fused-ring (bicyclic) bond motifs is 1. The van der Waals surface area contributed by atoms with E-state index in [0.29, 0.717) is 16.9 Å². The lowest BCUT2D eigenvalue weighted by Crippen LogP contribution is -2.36. The number of hydrogen-bond acceptors (Lipinski definition) is 5. The number of aliphatic hydroxyl groups excluding tert-OH is 1. The Morgan fingerprint density at radius 2 is 2.19 bits per heavy atom. The number of methoxy groups -OCH3 is 1. The molecular formula is C21H28N2O3. The standard InChI is InChI=1S/C21H28N2O3/c1-3-15-12-19(15)23-10-8-14(9-11-23)4-6-18-16-5-7-20(25-2)17(13-24)21(16)26-22-18/h3,5,7,14-15,19,24H,1,4,6,8-13H2,2H3. The zero-order valence-corrected chi connectivity index (χ0v) is 15.5. The first-order valence-corrected chi connectivity index (χ1v) is 9.66. The van der Waals surface area contributed by atoms with Crippen molar-refractivity contribution in [1.82, 2.24) is 10.1 Å². The first kappa shape index (κ1) is 17.6. The second-order valence-corrected chi connectivity index (χ2v) is 7.63. The summed E-state index contributed by atoms with van der Waals surface area (Å²) < 4.78 is 10.8. The molecule has 0 radical (unpaired) electrons. The fourth-order valence-corrected chi connectivity index (χ4v) is 4.40. The minimum absolute atomic E-state index is 0.111. The fourth-order valence-electron chi connectivity index (χ4n) is 4.40. The van der Waals surface area contributed by atoms with Gasteiger partial charge in [0.2, 0.25) is 0 Å². The Labute approximate surface area is 154 Å². The lowest BCUT2D eigenvalue weighted by molar-refractivity contribution is 0.167. The maximum atomic E-state index is 9.62. The molecule has 1 aromatic carbocycles. The predicted octanol–water partition coefficient (Wildman–Crippen LogP) is 3.55.